The highest BCUT2D eigenvalue weighted by Gasteiger charge is 2.27. The van der Waals surface area contributed by atoms with Crippen molar-refractivity contribution < 1.29 is 14.2 Å². The number of methoxy groups -OCH3 is 1. The van der Waals surface area contributed by atoms with Crippen LogP contribution in [0.5, 0.6) is 0 Å². The summed E-state index contributed by atoms with van der Waals surface area (Å²) >= 11 is 0. The summed E-state index contributed by atoms with van der Waals surface area (Å²) in [5.41, 5.74) is 0. The van der Waals surface area contributed by atoms with E-state index in [-0.39, 0.29) is 0 Å². The lowest BCUT2D eigenvalue weighted by molar-refractivity contribution is 0.0104. The Bertz CT molecular complexity index is 201. The first kappa shape index (κ1) is 13.3. The minimum Gasteiger partial charge on any atom is -0.381 e. The van der Waals surface area contributed by atoms with Gasteiger partial charge in [-0.2, -0.15) is 0 Å². The highest BCUT2D eigenvalue weighted by atomic mass is 16.5. The van der Waals surface area contributed by atoms with E-state index >= 15 is 0 Å². The van der Waals surface area contributed by atoms with Crippen LogP contribution in [0.25, 0.3) is 0 Å². The van der Waals surface area contributed by atoms with E-state index in [9.17, 15) is 0 Å². The predicted molar refractivity (Wildman–Crippen MR) is 66.2 cm³/mol. The fourth-order valence-corrected chi connectivity index (χ4v) is 2.40. The fourth-order valence-electron chi connectivity index (χ4n) is 2.40. The lowest BCUT2D eigenvalue weighted by Gasteiger charge is -2.34. The maximum absolute atomic E-state index is 5.60. The second-order valence-electron chi connectivity index (χ2n) is 5.04. The molecule has 1 N–H and O–H groups in total. The van der Waals surface area contributed by atoms with Crippen molar-refractivity contribution in [3.63, 3.8) is 0 Å². The quantitative estimate of drug-likeness (QED) is 0.653. The van der Waals surface area contributed by atoms with Gasteiger partial charge >= 0.3 is 0 Å². The van der Waals surface area contributed by atoms with Crippen LogP contribution in [-0.4, -0.2) is 51.7 Å². The average molecular weight is 243 g/mol. The summed E-state index contributed by atoms with van der Waals surface area (Å²) in [6.45, 7) is 3.58. The molecule has 1 aliphatic carbocycles. The van der Waals surface area contributed by atoms with E-state index < -0.39 is 0 Å². The van der Waals surface area contributed by atoms with E-state index in [1.165, 1.54) is 12.8 Å². The third-order valence-electron chi connectivity index (χ3n) is 3.65. The Morgan fingerprint density at radius 3 is 2.94 bits per heavy atom. The van der Waals surface area contributed by atoms with E-state index in [1.807, 2.05) is 0 Å². The molecule has 0 spiro atoms. The summed E-state index contributed by atoms with van der Waals surface area (Å²) in [6.07, 6.45) is 6.61. The molecule has 4 nitrogen and oxygen atoms in total. The van der Waals surface area contributed by atoms with Crippen molar-refractivity contribution in [1.29, 1.82) is 0 Å². The zero-order chi connectivity index (χ0) is 11.9. The van der Waals surface area contributed by atoms with Gasteiger partial charge in [-0.25, -0.2) is 0 Å². The fraction of sp³-hybridized carbons (Fsp3) is 1.00. The van der Waals surface area contributed by atoms with Crippen molar-refractivity contribution in [3.05, 3.63) is 0 Å². The molecular formula is C13H25NO3. The van der Waals surface area contributed by atoms with Crippen molar-refractivity contribution in [2.45, 2.75) is 50.4 Å². The number of ether oxygens (including phenoxy) is 3. The standard InChI is InChI=1S/C13H25NO3/c1-15-13-8-11(9-13)14-5-3-6-16-10-12-4-2-7-17-12/h11-14H,2-10H2,1H3. The highest BCUT2D eigenvalue weighted by Crippen LogP contribution is 2.22. The molecule has 0 amide bonds. The topological polar surface area (TPSA) is 39.7 Å². The molecule has 1 aliphatic heterocycles. The van der Waals surface area contributed by atoms with Crippen LogP contribution in [0.1, 0.15) is 32.1 Å². The van der Waals surface area contributed by atoms with Gasteiger partial charge in [0.05, 0.1) is 18.8 Å². The highest BCUT2D eigenvalue weighted by molar-refractivity contribution is 4.85. The zero-order valence-electron chi connectivity index (χ0n) is 10.8. The van der Waals surface area contributed by atoms with Crippen molar-refractivity contribution >= 4 is 0 Å². The Balaban J connectivity index is 1.35. The van der Waals surface area contributed by atoms with Crippen LogP contribution in [0, 0.1) is 0 Å². The van der Waals surface area contributed by atoms with Crippen molar-refractivity contribution in [3.8, 4) is 0 Å². The van der Waals surface area contributed by atoms with Gasteiger partial charge in [0.2, 0.25) is 0 Å². The second kappa shape index (κ2) is 7.31. The number of rotatable bonds is 8. The van der Waals surface area contributed by atoms with E-state index in [0.29, 0.717) is 18.2 Å². The van der Waals surface area contributed by atoms with Gasteiger partial charge in [-0.1, -0.05) is 0 Å². The molecule has 1 atom stereocenters. The van der Waals surface area contributed by atoms with Gasteiger partial charge in [-0.3, -0.25) is 0 Å². The number of hydrogen-bond donors (Lipinski definition) is 1. The third kappa shape index (κ3) is 4.54. The molecule has 1 heterocycles. The Morgan fingerprint density at radius 1 is 1.35 bits per heavy atom. The van der Waals surface area contributed by atoms with Crippen LogP contribution in [0.3, 0.4) is 0 Å². The lowest BCUT2D eigenvalue weighted by Crippen LogP contribution is -2.45. The number of hydrogen-bond acceptors (Lipinski definition) is 4. The third-order valence-corrected chi connectivity index (χ3v) is 3.65. The van der Waals surface area contributed by atoms with Crippen LogP contribution < -0.4 is 5.32 Å². The largest absolute Gasteiger partial charge is 0.381 e. The smallest absolute Gasteiger partial charge is 0.0809 e. The molecule has 4 heteroatoms. The summed E-state index contributed by atoms with van der Waals surface area (Å²) in [7, 11) is 1.79. The van der Waals surface area contributed by atoms with Crippen LogP contribution >= 0.6 is 0 Å². The zero-order valence-corrected chi connectivity index (χ0v) is 10.8. The lowest BCUT2D eigenvalue weighted by atomic mass is 9.89. The Hall–Kier alpha value is -0.160. The Labute approximate surface area is 104 Å². The second-order valence-corrected chi connectivity index (χ2v) is 5.04. The van der Waals surface area contributed by atoms with Gasteiger partial charge in [0.15, 0.2) is 0 Å². The van der Waals surface area contributed by atoms with Crippen LogP contribution in [0.15, 0.2) is 0 Å². The molecule has 0 radical (unpaired) electrons. The molecular weight excluding hydrogens is 218 g/mol. The molecule has 2 fully saturated rings. The van der Waals surface area contributed by atoms with E-state index in [2.05, 4.69) is 5.32 Å². The molecule has 1 saturated carbocycles. The SMILES string of the molecule is COC1CC(NCCCOCC2CCCO2)C1. The molecule has 17 heavy (non-hydrogen) atoms. The number of nitrogens with one attached hydrogen (secondary N) is 1. The molecule has 0 aromatic heterocycles. The molecule has 100 valence electrons. The van der Waals surface area contributed by atoms with Crippen LogP contribution in [0.4, 0.5) is 0 Å². The van der Waals surface area contributed by atoms with E-state index in [0.717, 1.165) is 45.6 Å². The Kier molecular flexibility index (Phi) is 5.71. The van der Waals surface area contributed by atoms with Crippen molar-refractivity contribution in [2.75, 3.05) is 33.5 Å². The molecule has 1 saturated heterocycles. The van der Waals surface area contributed by atoms with Crippen molar-refractivity contribution in [1.82, 2.24) is 5.32 Å². The summed E-state index contributed by atoms with van der Waals surface area (Å²) in [6, 6.07) is 0.665. The molecule has 0 aromatic carbocycles. The molecule has 0 aromatic rings. The van der Waals surface area contributed by atoms with Crippen LogP contribution in [-0.2, 0) is 14.2 Å². The molecule has 0 bridgehead atoms. The Morgan fingerprint density at radius 2 is 2.24 bits per heavy atom. The predicted octanol–water partition coefficient (Wildman–Crippen LogP) is 1.34. The summed E-state index contributed by atoms with van der Waals surface area (Å²) < 4.78 is 16.3. The van der Waals surface area contributed by atoms with Gasteiger partial charge in [0, 0.05) is 26.4 Å². The normalized spacial score (nSPS) is 32.6. The van der Waals surface area contributed by atoms with Gasteiger partial charge in [0.1, 0.15) is 0 Å². The minimum atomic E-state index is 0.358. The maximum Gasteiger partial charge on any atom is 0.0809 e. The van der Waals surface area contributed by atoms with Gasteiger partial charge in [0.25, 0.3) is 0 Å². The molecule has 1 unspecified atom stereocenters. The summed E-state index contributed by atoms with van der Waals surface area (Å²) in [5.74, 6) is 0. The molecule has 2 aliphatic rings. The minimum absolute atomic E-state index is 0.358. The van der Waals surface area contributed by atoms with Gasteiger partial charge in [-0.05, 0) is 38.6 Å². The maximum atomic E-state index is 5.60. The van der Waals surface area contributed by atoms with Gasteiger partial charge < -0.3 is 19.5 Å². The van der Waals surface area contributed by atoms with Gasteiger partial charge in [-0.15, -0.1) is 0 Å². The first-order chi connectivity index (χ1) is 8.38. The van der Waals surface area contributed by atoms with E-state index in [4.69, 9.17) is 14.2 Å². The molecule has 2 rings (SSSR count). The monoisotopic (exact) mass is 243 g/mol. The van der Waals surface area contributed by atoms with Crippen molar-refractivity contribution in [2.24, 2.45) is 0 Å². The van der Waals surface area contributed by atoms with E-state index in [1.54, 1.807) is 7.11 Å². The summed E-state index contributed by atoms with van der Waals surface area (Å²) in [5, 5.41) is 3.52. The first-order valence-corrected chi connectivity index (χ1v) is 6.84. The van der Waals surface area contributed by atoms with Crippen LogP contribution in [0.2, 0.25) is 0 Å². The summed E-state index contributed by atoms with van der Waals surface area (Å²) in [4.78, 5) is 0. The average Bonchev–Trinajstić information content (AvgIpc) is 2.78. The first-order valence-electron chi connectivity index (χ1n) is 6.84.